The smallest absolute Gasteiger partial charge is 0.241 e. The van der Waals surface area contributed by atoms with Crippen LogP contribution in [-0.2, 0) is 0 Å². The fourth-order valence-corrected chi connectivity index (χ4v) is 6.55. The van der Waals surface area contributed by atoms with Crippen LogP contribution >= 0.6 is 95.6 Å². The van der Waals surface area contributed by atoms with Gasteiger partial charge in [-0.15, -0.1) is 0 Å². The quantitative estimate of drug-likeness (QED) is 0.243. The Morgan fingerprint density at radius 2 is 0.607 bits per heavy atom. The zero-order valence-electron chi connectivity index (χ0n) is 14.0. The van der Waals surface area contributed by atoms with E-state index in [0.29, 0.717) is 17.1 Å². The molecule has 0 saturated carbocycles. The molecule has 3 rings (SSSR count). The standard InChI is InChI=1S/C18H12BBr6N3/c20-10-1-7(2-11(21)16(10)26)19(8-3-12(22)17(27)13(23)4-8)9-5-14(24)18(28)15(25)6-9/h1-6H,26-28H2. The molecule has 3 aromatic carbocycles. The Hall–Kier alpha value is 0.00494. The minimum Gasteiger partial charge on any atom is -0.397 e. The lowest BCUT2D eigenvalue weighted by Crippen LogP contribution is -2.52. The number of hydrogen-bond acceptors (Lipinski definition) is 3. The van der Waals surface area contributed by atoms with E-state index in [1.54, 1.807) is 0 Å². The van der Waals surface area contributed by atoms with Crippen molar-refractivity contribution < 1.29 is 0 Å². The summed E-state index contributed by atoms with van der Waals surface area (Å²) in [6.07, 6.45) is 0. The molecule has 10 heteroatoms. The second-order valence-electron chi connectivity index (χ2n) is 6.13. The Balaban J connectivity index is 2.32. The van der Waals surface area contributed by atoms with Gasteiger partial charge in [-0.3, -0.25) is 0 Å². The van der Waals surface area contributed by atoms with Gasteiger partial charge in [0.1, 0.15) is 0 Å². The lowest BCUT2D eigenvalue weighted by Gasteiger charge is -2.20. The lowest BCUT2D eigenvalue weighted by atomic mass is 9.37. The summed E-state index contributed by atoms with van der Waals surface area (Å²) in [7, 11) is 0. The number of hydrogen-bond donors (Lipinski definition) is 3. The van der Waals surface area contributed by atoms with E-state index in [4.69, 9.17) is 17.2 Å². The van der Waals surface area contributed by atoms with Crippen molar-refractivity contribution in [3.05, 3.63) is 63.2 Å². The molecule has 0 heterocycles. The maximum Gasteiger partial charge on any atom is 0.241 e. The van der Waals surface area contributed by atoms with Gasteiger partial charge in [0.05, 0.1) is 17.1 Å². The second-order valence-corrected chi connectivity index (χ2v) is 11.3. The van der Waals surface area contributed by atoms with Gasteiger partial charge in [-0.2, -0.15) is 0 Å². The normalized spacial score (nSPS) is 10.9. The molecule has 0 aliphatic rings. The molecule has 3 nitrogen and oxygen atoms in total. The topological polar surface area (TPSA) is 78.1 Å². The molecule has 0 amide bonds. The van der Waals surface area contributed by atoms with Crippen LogP contribution in [0.25, 0.3) is 0 Å². The van der Waals surface area contributed by atoms with Crippen LogP contribution in [0.5, 0.6) is 0 Å². The van der Waals surface area contributed by atoms with Gasteiger partial charge in [0.15, 0.2) is 0 Å². The highest BCUT2D eigenvalue weighted by Gasteiger charge is 2.26. The number of rotatable bonds is 3. The molecule has 0 saturated heterocycles. The van der Waals surface area contributed by atoms with E-state index in [0.717, 1.165) is 43.2 Å². The molecule has 0 aromatic heterocycles. The molecule has 144 valence electrons. The van der Waals surface area contributed by atoms with Crippen molar-refractivity contribution in [2.75, 3.05) is 17.2 Å². The van der Waals surface area contributed by atoms with E-state index in [9.17, 15) is 0 Å². The highest BCUT2D eigenvalue weighted by atomic mass is 79.9. The summed E-state index contributed by atoms with van der Waals surface area (Å²) in [6, 6.07) is 12.2. The van der Waals surface area contributed by atoms with Gasteiger partial charge >= 0.3 is 0 Å². The van der Waals surface area contributed by atoms with Crippen molar-refractivity contribution in [3.8, 4) is 0 Å². The molecule has 6 N–H and O–H groups in total. The van der Waals surface area contributed by atoms with Crippen LogP contribution in [0.4, 0.5) is 17.1 Å². The summed E-state index contributed by atoms with van der Waals surface area (Å²) in [4.78, 5) is 0. The van der Waals surface area contributed by atoms with Crippen molar-refractivity contribution in [1.29, 1.82) is 0 Å². The van der Waals surface area contributed by atoms with Crippen LogP contribution in [0.2, 0.25) is 0 Å². The van der Waals surface area contributed by atoms with Crippen molar-refractivity contribution >= 4 is 136 Å². The molecular formula is C18H12BBr6N3. The van der Waals surface area contributed by atoms with Crippen LogP contribution in [0.1, 0.15) is 0 Å². The van der Waals surface area contributed by atoms with Crippen LogP contribution in [0.3, 0.4) is 0 Å². The number of nitrogens with two attached hydrogens (primary N) is 3. The minimum absolute atomic E-state index is 0.0883. The first-order valence-electron chi connectivity index (χ1n) is 7.83. The van der Waals surface area contributed by atoms with Gasteiger partial charge in [-0.05, 0) is 95.6 Å². The molecule has 0 unspecified atom stereocenters. The minimum atomic E-state index is -0.0883. The van der Waals surface area contributed by atoms with E-state index in [2.05, 4.69) is 95.6 Å². The zero-order chi connectivity index (χ0) is 20.7. The molecule has 3 aromatic rings. The van der Waals surface area contributed by atoms with Crippen LogP contribution in [0.15, 0.2) is 63.2 Å². The van der Waals surface area contributed by atoms with Gasteiger partial charge in [-0.25, -0.2) is 0 Å². The fraction of sp³-hybridized carbons (Fsp3) is 0. The summed E-state index contributed by atoms with van der Waals surface area (Å²) in [6.45, 7) is -0.0883. The number of benzene rings is 3. The van der Waals surface area contributed by atoms with Crippen molar-refractivity contribution in [1.82, 2.24) is 0 Å². The summed E-state index contributed by atoms with van der Waals surface area (Å²) in [5.41, 5.74) is 23.5. The SMILES string of the molecule is Nc1c(Br)cc(B(c2cc(Br)c(N)c(Br)c2)c2cc(Br)c(N)c(Br)c2)cc1Br. The summed E-state index contributed by atoms with van der Waals surface area (Å²) >= 11 is 21.4. The van der Waals surface area contributed by atoms with Crippen molar-refractivity contribution in [2.24, 2.45) is 0 Å². The van der Waals surface area contributed by atoms with Gasteiger partial charge in [0, 0.05) is 26.8 Å². The molecule has 0 atom stereocenters. The van der Waals surface area contributed by atoms with Gasteiger partial charge < -0.3 is 17.2 Å². The molecule has 0 fully saturated rings. The predicted molar refractivity (Wildman–Crippen MR) is 143 cm³/mol. The van der Waals surface area contributed by atoms with Crippen LogP contribution < -0.4 is 33.6 Å². The summed E-state index contributed by atoms with van der Waals surface area (Å²) in [5, 5.41) is 0. The number of anilines is 3. The van der Waals surface area contributed by atoms with Gasteiger partial charge in [-0.1, -0.05) is 52.8 Å². The Morgan fingerprint density at radius 3 is 0.786 bits per heavy atom. The monoisotopic (exact) mass is 755 g/mol. The third-order valence-corrected chi connectivity index (χ3v) is 8.24. The Bertz CT molecular complexity index is 883. The third kappa shape index (κ3) is 4.52. The van der Waals surface area contributed by atoms with Crippen molar-refractivity contribution in [3.63, 3.8) is 0 Å². The van der Waals surface area contributed by atoms with E-state index in [1.807, 2.05) is 36.4 Å². The van der Waals surface area contributed by atoms with E-state index in [-0.39, 0.29) is 6.71 Å². The van der Waals surface area contributed by atoms with E-state index in [1.165, 1.54) is 0 Å². The molecule has 0 bridgehead atoms. The first-order valence-corrected chi connectivity index (χ1v) is 12.6. The number of halogens is 6. The second kappa shape index (κ2) is 9.02. The van der Waals surface area contributed by atoms with Crippen LogP contribution in [-0.4, -0.2) is 6.71 Å². The Labute approximate surface area is 214 Å². The maximum atomic E-state index is 6.11. The average molecular weight is 761 g/mol. The van der Waals surface area contributed by atoms with E-state index >= 15 is 0 Å². The summed E-state index contributed by atoms with van der Waals surface area (Å²) < 4.78 is 4.94. The molecule has 0 spiro atoms. The predicted octanol–water partition coefficient (Wildman–Crippen LogP) is 5.52. The fourth-order valence-electron chi connectivity index (χ4n) is 2.89. The van der Waals surface area contributed by atoms with Gasteiger partial charge in [0.2, 0.25) is 6.71 Å². The summed E-state index contributed by atoms with van der Waals surface area (Å²) in [5.74, 6) is 0. The highest BCUT2D eigenvalue weighted by molar-refractivity contribution is 9.12. The molecular weight excluding hydrogens is 748 g/mol. The van der Waals surface area contributed by atoms with Gasteiger partial charge in [0.25, 0.3) is 0 Å². The third-order valence-electron chi connectivity index (χ3n) is 4.30. The highest BCUT2D eigenvalue weighted by Crippen LogP contribution is 2.30. The molecule has 0 aliphatic heterocycles. The first kappa shape index (κ1) is 22.7. The maximum absolute atomic E-state index is 6.11. The lowest BCUT2D eigenvalue weighted by molar-refractivity contribution is 1.58. The number of nitrogen functional groups attached to an aromatic ring is 3. The first-order chi connectivity index (χ1) is 13.1. The molecule has 28 heavy (non-hydrogen) atoms. The average Bonchev–Trinajstić information content (AvgIpc) is 2.62. The molecule has 0 radical (unpaired) electrons. The zero-order valence-corrected chi connectivity index (χ0v) is 23.6. The van der Waals surface area contributed by atoms with Crippen LogP contribution in [0, 0.1) is 0 Å². The molecule has 0 aliphatic carbocycles. The Kier molecular flexibility index (Phi) is 7.30. The Morgan fingerprint density at radius 1 is 0.429 bits per heavy atom. The van der Waals surface area contributed by atoms with E-state index < -0.39 is 0 Å². The largest absolute Gasteiger partial charge is 0.397 e. The van der Waals surface area contributed by atoms with Crippen molar-refractivity contribution in [2.45, 2.75) is 0 Å².